The van der Waals surface area contributed by atoms with E-state index in [2.05, 4.69) is 15.6 Å². The summed E-state index contributed by atoms with van der Waals surface area (Å²) in [5.41, 5.74) is 1.68. The van der Waals surface area contributed by atoms with Gasteiger partial charge in [0.2, 0.25) is 0 Å². The zero-order chi connectivity index (χ0) is 22.7. The molecule has 8 heteroatoms. The fourth-order valence-corrected chi connectivity index (χ4v) is 3.49. The molecule has 1 heterocycles. The highest BCUT2D eigenvalue weighted by molar-refractivity contribution is 6.00. The summed E-state index contributed by atoms with van der Waals surface area (Å²) in [4.78, 5) is 15.9. The van der Waals surface area contributed by atoms with E-state index in [1.165, 1.54) is 18.2 Å². The van der Waals surface area contributed by atoms with Crippen LogP contribution < -0.4 is 15.4 Å². The topological polar surface area (TPSA) is 66.1 Å². The first kappa shape index (κ1) is 21.3. The number of H-pyrrole nitrogens is 1. The average molecular weight is 439 g/mol. The van der Waals surface area contributed by atoms with E-state index in [0.717, 1.165) is 28.6 Å². The van der Waals surface area contributed by atoms with Gasteiger partial charge in [0.15, 0.2) is 0 Å². The molecule has 0 aliphatic carbocycles. The Morgan fingerprint density at radius 3 is 2.66 bits per heavy atom. The van der Waals surface area contributed by atoms with Crippen LogP contribution in [0.4, 0.5) is 24.5 Å². The van der Waals surface area contributed by atoms with Gasteiger partial charge in [-0.15, -0.1) is 0 Å². The van der Waals surface area contributed by atoms with Crippen LogP contribution in [0.3, 0.4) is 0 Å². The van der Waals surface area contributed by atoms with Gasteiger partial charge >= 0.3 is 0 Å². The summed E-state index contributed by atoms with van der Waals surface area (Å²) in [7, 11) is 1.58. The molecular weight excluding hydrogens is 419 g/mol. The summed E-state index contributed by atoms with van der Waals surface area (Å²) >= 11 is 0. The molecule has 0 saturated carbocycles. The van der Waals surface area contributed by atoms with Gasteiger partial charge in [0.05, 0.1) is 18.4 Å². The van der Waals surface area contributed by atoms with E-state index in [1.807, 2.05) is 24.4 Å². The number of ether oxygens (including phenoxy) is 1. The standard InChI is InChI=1S/C24H20F3N3O2/c1-32-18-5-6-22-19(12-18)14(13-29-22)7-8-28-24(31)20-10-16(26)11-21(27)23(20)30-17-4-2-3-15(25)9-17/h2-6,9-13,29-30H,7-8H2,1H3,(H,28,31). The maximum absolute atomic E-state index is 14.5. The van der Waals surface area contributed by atoms with Crippen molar-refractivity contribution in [2.75, 3.05) is 19.0 Å². The minimum absolute atomic E-state index is 0.215. The van der Waals surface area contributed by atoms with E-state index in [4.69, 9.17) is 4.74 Å². The number of rotatable bonds is 7. The van der Waals surface area contributed by atoms with Crippen molar-refractivity contribution < 1.29 is 22.7 Å². The number of nitrogens with one attached hydrogen (secondary N) is 3. The third kappa shape index (κ3) is 4.54. The largest absolute Gasteiger partial charge is 0.497 e. The number of amides is 1. The molecule has 1 aromatic heterocycles. The van der Waals surface area contributed by atoms with Gasteiger partial charge < -0.3 is 20.4 Å². The number of aromatic nitrogens is 1. The summed E-state index contributed by atoms with van der Waals surface area (Å²) < 4.78 is 47.0. The number of fused-ring (bicyclic) bond motifs is 1. The molecule has 5 nitrogen and oxygen atoms in total. The van der Waals surface area contributed by atoms with Crippen LogP contribution in [0.2, 0.25) is 0 Å². The lowest BCUT2D eigenvalue weighted by molar-refractivity contribution is 0.0954. The SMILES string of the molecule is COc1ccc2[nH]cc(CCNC(=O)c3cc(F)cc(F)c3Nc3cccc(F)c3)c2c1. The van der Waals surface area contributed by atoms with Gasteiger partial charge in [-0.2, -0.15) is 0 Å². The predicted octanol–water partition coefficient (Wildman–Crippen LogP) is 5.31. The van der Waals surface area contributed by atoms with Crippen LogP contribution in [-0.2, 0) is 6.42 Å². The number of aromatic amines is 1. The van der Waals surface area contributed by atoms with E-state index in [1.54, 1.807) is 7.11 Å². The second kappa shape index (κ2) is 9.05. The van der Waals surface area contributed by atoms with E-state index in [9.17, 15) is 18.0 Å². The predicted molar refractivity (Wildman–Crippen MR) is 117 cm³/mol. The van der Waals surface area contributed by atoms with Crippen molar-refractivity contribution in [1.29, 1.82) is 0 Å². The molecular formula is C24H20F3N3O2. The van der Waals surface area contributed by atoms with Gasteiger partial charge in [-0.1, -0.05) is 6.07 Å². The van der Waals surface area contributed by atoms with Gasteiger partial charge in [0.1, 0.15) is 23.2 Å². The fraction of sp³-hybridized carbons (Fsp3) is 0.125. The molecule has 0 radical (unpaired) electrons. The molecule has 32 heavy (non-hydrogen) atoms. The smallest absolute Gasteiger partial charge is 0.253 e. The maximum Gasteiger partial charge on any atom is 0.253 e. The van der Waals surface area contributed by atoms with Crippen molar-refractivity contribution in [1.82, 2.24) is 10.3 Å². The molecule has 3 aromatic carbocycles. The molecule has 0 bridgehead atoms. The summed E-state index contributed by atoms with van der Waals surface area (Å²) in [6.45, 7) is 0.237. The van der Waals surface area contributed by atoms with Crippen LogP contribution >= 0.6 is 0 Å². The summed E-state index contributed by atoms with van der Waals surface area (Å²) in [5, 5.41) is 6.32. The number of carbonyl (C=O) groups is 1. The number of hydrogen-bond donors (Lipinski definition) is 3. The van der Waals surface area contributed by atoms with Gasteiger partial charge in [-0.05, 0) is 54.4 Å². The average Bonchev–Trinajstić information content (AvgIpc) is 3.17. The number of anilines is 2. The lowest BCUT2D eigenvalue weighted by Gasteiger charge is -2.14. The molecule has 0 fully saturated rings. The lowest BCUT2D eigenvalue weighted by atomic mass is 10.1. The van der Waals surface area contributed by atoms with Crippen molar-refractivity contribution in [2.45, 2.75) is 6.42 Å². The van der Waals surface area contributed by atoms with Crippen LogP contribution in [0, 0.1) is 17.5 Å². The number of halogens is 3. The number of benzene rings is 3. The molecule has 1 amide bonds. The normalized spacial score (nSPS) is 10.9. The Labute approximate surface area is 182 Å². The molecule has 4 aromatic rings. The third-order valence-corrected chi connectivity index (χ3v) is 5.05. The third-order valence-electron chi connectivity index (χ3n) is 5.05. The number of methoxy groups -OCH3 is 1. The molecule has 0 saturated heterocycles. The molecule has 0 spiro atoms. The van der Waals surface area contributed by atoms with E-state index < -0.39 is 23.4 Å². The molecule has 3 N–H and O–H groups in total. The maximum atomic E-state index is 14.5. The summed E-state index contributed by atoms with van der Waals surface area (Å²) in [5.74, 6) is -2.31. The first-order chi connectivity index (χ1) is 15.4. The van der Waals surface area contributed by atoms with Crippen LogP contribution in [0.5, 0.6) is 5.75 Å². The van der Waals surface area contributed by atoms with Crippen molar-refractivity contribution in [3.05, 3.63) is 89.4 Å². The number of hydrogen-bond acceptors (Lipinski definition) is 3. The lowest BCUT2D eigenvalue weighted by Crippen LogP contribution is -2.26. The Balaban J connectivity index is 1.51. The Kier molecular flexibility index (Phi) is 6.02. The zero-order valence-electron chi connectivity index (χ0n) is 17.1. The van der Waals surface area contributed by atoms with Crippen molar-refractivity contribution in [3.63, 3.8) is 0 Å². The van der Waals surface area contributed by atoms with E-state index in [-0.39, 0.29) is 23.5 Å². The first-order valence-corrected chi connectivity index (χ1v) is 9.88. The second-order valence-corrected chi connectivity index (χ2v) is 7.18. The summed E-state index contributed by atoms with van der Waals surface area (Å²) in [6.07, 6.45) is 2.33. The summed E-state index contributed by atoms with van der Waals surface area (Å²) in [6, 6.07) is 12.6. The second-order valence-electron chi connectivity index (χ2n) is 7.18. The molecule has 0 atom stereocenters. The minimum atomic E-state index is -0.955. The Morgan fingerprint density at radius 2 is 1.88 bits per heavy atom. The van der Waals surface area contributed by atoms with Crippen molar-refractivity contribution in [2.24, 2.45) is 0 Å². The molecule has 0 aliphatic rings. The molecule has 0 unspecified atom stereocenters. The highest BCUT2D eigenvalue weighted by Crippen LogP contribution is 2.27. The zero-order valence-corrected chi connectivity index (χ0v) is 17.1. The number of carbonyl (C=O) groups excluding carboxylic acids is 1. The highest BCUT2D eigenvalue weighted by atomic mass is 19.1. The Morgan fingerprint density at radius 1 is 1.03 bits per heavy atom. The van der Waals surface area contributed by atoms with E-state index in [0.29, 0.717) is 18.2 Å². The van der Waals surface area contributed by atoms with Gasteiger partial charge in [0.25, 0.3) is 5.91 Å². The van der Waals surface area contributed by atoms with Crippen molar-refractivity contribution >= 4 is 28.2 Å². The molecule has 4 rings (SSSR count). The Hall–Kier alpha value is -3.94. The van der Waals surface area contributed by atoms with Gasteiger partial charge in [0, 0.05) is 35.4 Å². The van der Waals surface area contributed by atoms with E-state index >= 15 is 0 Å². The van der Waals surface area contributed by atoms with Gasteiger partial charge in [-0.25, -0.2) is 13.2 Å². The minimum Gasteiger partial charge on any atom is -0.497 e. The quantitative estimate of drug-likeness (QED) is 0.366. The highest BCUT2D eigenvalue weighted by Gasteiger charge is 2.18. The fourth-order valence-electron chi connectivity index (χ4n) is 3.49. The first-order valence-electron chi connectivity index (χ1n) is 9.88. The van der Waals surface area contributed by atoms with Crippen LogP contribution in [-0.4, -0.2) is 24.5 Å². The van der Waals surface area contributed by atoms with Crippen LogP contribution in [0.1, 0.15) is 15.9 Å². The Bertz CT molecular complexity index is 1290. The monoisotopic (exact) mass is 439 g/mol. The van der Waals surface area contributed by atoms with Crippen LogP contribution in [0.15, 0.2) is 60.8 Å². The molecule has 0 aliphatic heterocycles. The van der Waals surface area contributed by atoms with Crippen molar-refractivity contribution in [3.8, 4) is 5.75 Å². The molecule has 164 valence electrons. The van der Waals surface area contributed by atoms with Gasteiger partial charge in [-0.3, -0.25) is 4.79 Å². The van der Waals surface area contributed by atoms with Crippen LogP contribution in [0.25, 0.3) is 10.9 Å².